The molecule has 1 aromatic heterocycles. The molecular formula is C19H24N4O3. The molecule has 1 saturated heterocycles. The highest BCUT2D eigenvalue weighted by Gasteiger charge is 2.28. The Balaban J connectivity index is 1.74. The minimum atomic E-state index is -0.133. The molecule has 0 saturated carbocycles. The zero-order valence-corrected chi connectivity index (χ0v) is 15.1. The second-order valence-electron chi connectivity index (χ2n) is 6.60. The molecule has 2 amide bonds. The second kappa shape index (κ2) is 8.14. The molecule has 7 nitrogen and oxygen atoms in total. The zero-order chi connectivity index (χ0) is 18.5. The van der Waals surface area contributed by atoms with Gasteiger partial charge in [-0.2, -0.15) is 5.10 Å². The number of H-pyrrole nitrogens is 1. The van der Waals surface area contributed by atoms with Crippen LogP contribution < -0.4 is 5.32 Å². The lowest BCUT2D eigenvalue weighted by atomic mass is 9.93. The van der Waals surface area contributed by atoms with E-state index in [0.717, 1.165) is 30.6 Å². The number of hydrogen-bond donors (Lipinski definition) is 2. The molecule has 1 aliphatic rings. The molecule has 1 fully saturated rings. The topological polar surface area (TPSA) is 87.3 Å². The highest BCUT2D eigenvalue weighted by Crippen LogP contribution is 2.31. The van der Waals surface area contributed by atoms with E-state index in [-0.39, 0.29) is 17.7 Å². The van der Waals surface area contributed by atoms with Crippen molar-refractivity contribution in [3.8, 4) is 0 Å². The van der Waals surface area contributed by atoms with E-state index >= 15 is 0 Å². The monoisotopic (exact) mass is 356 g/mol. The molecule has 7 heteroatoms. The lowest BCUT2D eigenvalue weighted by Crippen LogP contribution is -2.39. The van der Waals surface area contributed by atoms with Gasteiger partial charge in [-0.25, -0.2) is 0 Å². The normalized spacial score (nSPS) is 17.2. The minimum Gasteiger partial charge on any atom is -0.380 e. The van der Waals surface area contributed by atoms with Gasteiger partial charge >= 0.3 is 0 Å². The third kappa shape index (κ3) is 4.11. The highest BCUT2D eigenvalue weighted by atomic mass is 16.5. The molecule has 0 aliphatic carbocycles. The third-order valence-electron chi connectivity index (χ3n) is 4.58. The summed E-state index contributed by atoms with van der Waals surface area (Å²) >= 11 is 0. The number of aromatic nitrogens is 2. The van der Waals surface area contributed by atoms with Crippen LogP contribution in [0.15, 0.2) is 30.5 Å². The van der Waals surface area contributed by atoms with E-state index in [9.17, 15) is 9.59 Å². The van der Waals surface area contributed by atoms with Crippen LogP contribution in [0, 0.1) is 0 Å². The van der Waals surface area contributed by atoms with Gasteiger partial charge in [0.15, 0.2) is 0 Å². The first-order valence-corrected chi connectivity index (χ1v) is 8.76. The van der Waals surface area contributed by atoms with Gasteiger partial charge in [0.25, 0.3) is 5.91 Å². The summed E-state index contributed by atoms with van der Waals surface area (Å²) in [6, 6.07) is 7.55. The van der Waals surface area contributed by atoms with E-state index in [0.29, 0.717) is 24.4 Å². The van der Waals surface area contributed by atoms with Gasteiger partial charge in [0.2, 0.25) is 5.91 Å². The van der Waals surface area contributed by atoms with Crippen molar-refractivity contribution in [1.82, 2.24) is 15.1 Å². The van der Waals surface area contributed by atoms with E-state index in [1.807, 2.05) is 29.2 Å². The number of rotatable bonds is 5. The summed E-state index contributed by atoms with van der Waals surface area (Å²) in [5.74, 6) is 0.0128. The van der Waals surface area contributed by atoms with Crippen LogP contribution in [0.1, 0.15) is 47.3 Å². The quantitative estimate of drug-likeness (QED) is 0.862. The number of piperidine rings is 1. The van der Waals surface area contributed by atoms with E-state index in [4.69, 9.17) is 4.74 Å². The maximum absolute atomic E-state index is 12.9. The molecular weight excluding hydrogens is 332 g/mol. The molecule has 2 aromatic rings. The van der Waals surface area contributed by atoms with Crippen LogP contribution in [0.2, 0.25) is 0 Å². The highest BCUT2D eigenvalue weighted by molar-refractivity contribution is 5.94. The molecule has 1 aromatic carbocycles. The summed E-state index contributed by atoms with van der Waals surface area (Å²) in [5.41, 5.74) is 3.23. The van der Waals surface area contributed by atoms with Gasteiger partial charge in [0, 0.05) is 38.6 Å². The van der Waals surface area contributed by atoms with E-state index in [1.54, 1.807) is 13.3 Å². The number of ether oxygens (including phenoxy) is 1. The molecule has 0 spiro atoms. The third-order valence-corrected chi connectivity index (χ3v) is 4.58. The molecule has 0 radical (unpaired) electrons. The molecule has 1 unspecified atom stereocenters. The van der Waals surface area contributed by atoms with E-state index in [2.05, 4.69) is 15.5 Å². The number of methoxy groups -OCH3 is 1. The maximum Gasteiger partial charge on any atom is 0.253 e. The molecule has 138 valence electrons. The molecule has 1 atom stereocenters. The van der Waals surface area contributed by atoms with Gasteiger partial charge in [0.1, 0.15) is 0 Å². The average Bonchev–Trinajstić information content (AvgIpc) is 3.09. The first-order valence-electron chi connectivity index (χ1n) is 8.76. The number of hydrogen-bond acceptors (Lipinski definition) is 4. The number of nitrogens with one attached hydrogen (secondary N) is 2. The molecule has 3 rings (SSSR count). The summed E-state index contributed by atoms with van der Waals surface area (Å²) in [4.78, 5) is 26.2. The van der Waals surface area contributed by atoms with Crippen molar-refractivity contribution in [2.24, 2.45) is 0 Å². The second-order valence-corrected chi connectivity index (χ2v) is 6.60. The number of likely N-dealkylation sites (tertiary alicyclic amines) is 1. The summed E-state index contributed by atoms with van der Waals surface area (Å²) in [6.07, 6.45) is 3.47. The molecule has 2 heterocycles. The van der Waals surface area contributed by atoms with Crippen LogP contribution in [0.25, 0.3) is 0 Å². The zero-order valence-electron chi connectivity index (χ0n) is 15.1. The summed E-state index contributed by atoms with van der Waals surface area (Å²) < 4.78 is 5.15. The Morgan fingerprint density at radius 3 is 3.04 bits per heavy atom. The molecule has 26 heavy (non-hydrogen) atoms. The van der Waals surface area contributed by atoms with Crippen LogP contribution in [0.3, 0.4) is 0 Å². The SMILES string of the molecule is COCc1cccc(C(=O)N2CCCC(c3[nH]ncc3NC(C)=O)C2)c1. The minimum absolute atomic E-state index is 0.0215. The Bertz CT molecular complexity index is 787. The van der Waals surface area contributed by atoms with E-state index < -0.39 is 0 Å². The van der Waals surface area contributed by atoms with Crippen molar-refractivity contribution in [1.29, 1.82) is 0 Å². The first-order chi connectivity index (χ1) is 12.6. The van der Waals surface area contributed by atoms with Crippen molar-refractivity contribution in [3.63, 3.8) is 0 Å². The van der Waals surface area contributed by atoms with Crippen LogP contribution in [-0.4, -0.2) is 47.1 Å². The Labute approximate surface area is 152 Å². The Morgan fingerprint density at radius 2 is 2.27 bits per heavy atom. The maximum atomic E-state index is 12.9. The standard InChI is InChI=1S/C19H24N4O3/c1-13(24)21-17-10-20-22-18(17)16-7-4-8-23(11-16)19(25)15-6-3-5-14(9-15)12-26-2/h3,5-6,9-10,16H,4,7-8,11-12H2,1-2H3,(H,20,22)(H,21,24). The van der Waals surface area contributed by atoms with Crippen LogP contribution in [0.5, 0.6) is 0 Å². The molecule has 1 aliphatic heterocycles. The van der Waals surface area contributed by atoms with Crippen molar-refractivity contribution in [3.05, 3.63) is 47.3 Å². The van der Waals surface area contributed by atoms with Crippen LogP contribution >= 0.6 is 0 Å². The number of aromatic amines is 1. The van der Waals surface area contributed by atoms with Crippen molar-refractivity contribution >= 4 is 17.5 Å². The average molecular weight is 356 g/mol. The largest absolute Gasteiger partial charge is 0.380 e. The Morgan fingerprint density at radius 1 is 1.42 bits per heavy atom. The number of amides is 2. The number of carbonyl (C=O) groups is 2. The number of nitrogens with zero attached hydrogens (tertiary/aromatic N) is 2. The fraction of sp³-hybridized carbons (Fsp3) is 0.421. The fourth-order valence-electron chi connectivity index (χ4n) is 3.44. The number of benzene rings is 1. The van der Waals surface area contributed by atoms with Crippen LogP contribution in [0.4, 0.5) is 5.69 Å². The summed E-state index contributed by atoms with van der Waals surface area (Å²) in [6.45, 7) is 3.29. The van der Waals surface area contributed by atoms with Gasteiger partial charge in [-0.05, 0) is 30.5 Å². The number of carbonyl (C=O) groups excluding carboxylic acids is 2. The lowest BCUT2D eigenvalue weighted by Gasteiger charge is -2.32. The van der Waals surface area contributed by atoms with Gasteiger partial charge in [0.05, 0.1) is 24.2 Å². The van der Waals surface area contributed by atoms with Gasteiger partial charge in [-0.3, -0.25) is 14.7 Å². The summed E-state index contributed by atoms with van der Waals surface area (Å²) in [7, 11) is 1.64. The Kier molecular flexibility index (Phi) is 5.68. The molecule has 2 N–H and O–H groups in total. The van der Waals surface area contributed by atoms with E-state index in [1.165, 1.54) is 6.92 Å². The van der Waals surface area contributed by atoms with Crippen molar-refractivity contribution in [2.45, 2.75) is 32.3 Å². The summed E-state index contributed by atoms with van der Waals surface area (Å²) in [5, 5.41) is 9.84. The predicted molar refractivity (Wildman–Crippen MR) is 97.9 cm³/mol. The predicted octanol–water partition coefficient (Wildman–Crippen LogP) is 2.53. The fourth-order valence-corrected chi connectivity index (χ4v) is 3.44. The van der Waals surface area contributed by atoms with Crippen LogP contribution in [-0.2, 0) is 16.1 Å². The Hall–Kier alpha value is -2.67. The van der Waals surface area contributed by atoms with Gasteiger partial charge in [-0.1, -0.05) is 12.1 Å². The number of anilines is 1. The van der Waals surface area contributed by atoms with Crippen molar-refractivity contribution in [2.75, 3.05) is 25.5 Å². The smallest absolute Gasteiger partial charge is 0.253 e. The van der Waals surface area contributed by atoms with Gasteiger partial charge in [-0.15, -0.1) is 0 Å². The first kappa shape index (κ1) is 18.1. The van der Waals surface area contributed by atoms with Crippen molar-refractivity contribution < 1.29 is 14.3 Å². The molecule has 0 bridgehead atoms. The lowest BCUT2D eigenvalue weighted by molar-refractivity contribution is -0.114. The van der Waals surface area contributed by atoms with Gasteiger partial charge < -0.3 is 15.0 Å².